The number of carbonyl (C=O) groups excluding carboxylic acids is 1. The lowest BCUT2D eigenvalue weighted by Gasteiger charge is -2.13. The molecule has 0 spiro atoms. The Morgan fingerprint density at radius 3 is 2.55 bits per heavy atom. The molecule has 120 valence electrons. The summed E-state index contributed by atoms with van der Waals surface area (Å²) in [5, 5.41) is 0. The van der Waals surface area contributed by atoms with Crippen LogP contribution in [0.4, 0.5) is 0 Å². The number of hydrogen-bond acceptors (Lipinski definition) is 4. The Labute approximate surface area is 135 Å². The molecule has 2 aromatic heterocycles. The average Bonchev–Trinajstić information content (AvgIpc) is 2.81. The molecule has 0 amide bonds. The molecule has 22 heavy (non-hydrogen) atoms. The lowest BCUT2D eigenvalue weighted by atomic mass is 10.2. The van der Waals surface area contributed by atoms with E-state index in [2.05, 4.69) is 20.9 Å². The molecule has 2 rings (SSSR count). The third-order valence-corrected chi connectivity index (χ3v) is 4.40. The summed E-state index contributed by atoms with van der Waals surface area (Å²) in [5.41, 5.74) is -0.244. The van der Waals surface area contributed by atoms with Crippen LogP contribution in [0.5, 0.6) is 0 Å². The highest BCUT2D eigenvalue weighted by Crippen LogP contribution is 2.22. The summed E-state index contributed by atoms with van der Waals surface area (Å²) in [6, 6.07) is -0.538. The van der Waals surface area contributed by atoms with E-state index in [1.807, 2.05) is 6.92 Å². The van der Waals surface area contributed by atoms with Crippen molar-refractivity contribution in [2.75, 3.05) is 0 Å². The molecule has 0 unspecified atom stereocenters. The van der Waals surface area contributed by atoms with Crippen molar-refractivity contribution in [1.29, 1.82) is 0 Å². The summed E-state index contributed by atoms with van der Waals surface area (Å²) < 4.78 is 4.47. The quantitative estimate of drug-likeness (QED) is 0.748. The number of aryl methyl sites for hydroxylation is 1. The van der Waals surface area contributed by atoms with Gasteiger partial charge in [0, 0.05) is 13.6 Å². The number of ketones is 1. The first-order valence-electron chi connectivity index (χ1n) is 7.18. The Kier molecular flexibility index (Phi) is 4.69. The molecule has 0 radical (unpaired) electrons. The summed E-state index contributed by atoms with van der Waals surface area (Å²) in [7, 11) is 1.58. The minimum Gasteiger partial charge on any atom is -0.302 e. The summed E-state index contributed by atoms with van der Waals surface area (Å²) in [4.78, 5) is 41.0. The van der Waals surface area contributed by atoms with Gasteiger partial charge in [-0.15, -0.1) is 0 Å². The molecule has 7 nitrogen and oxygen atoms in total. The molecular weight excluding hydrogens is 352 g/mol. The van der Waals surface area contributed by atoms with Crippen LogP contribution in [0, 0.1) is 0 Å². The van der Waals surface area contributed by atoms with Crippen molar-refractivity contribution < 1.29 is 4.79 Å². The largest absolute Gasteiger partial charge is 0.332 e. The molecule has 0 aliphatic carbocycles. The Balaban J connectivity index is 2.88. The van der Waals surface area contributed by atoms with Crippen LogP contribution in [0.25, 0.3) is 11.2 Å². The number of unbranched alkanes of at least 4 members (excludes halogenated alkanes) is 1. The van der Waals surface area contributed by atoms with E-state index in [4.69, 9.17) is 0 Å². The van der Waals surface area contributed by atoms with Crippen molar-refractivity contribution in [3.05, 3.63) is 25.6 Å². The monoisotopic (exact) mass is 370 g/mol. The Bertz CT molecular complexity index is 846. The first kappa shape index (κ1) is 16.7. The third kappa shape index (κ3) is 2.55. The van der Waals surface area contributed by atoms with Gasteiger partial charge in [0.25, 0.3) is 5.56 Å². The van der Waals surface area contributed by atoms with Gasteiger partial charge in [-0.25, -0.2) is 9.78 Å². The maximum atomic E-state index is 12.7. The van der Waals surface area contributed by atoms with Crippen LogP contribution in [-0.2, 0) is 18.4 Å². The SMILES string of the molecule is CCCCn1c(=O)c2c(nc(Br)n2[C@@H](C)C(C)=O)n(C)c1=O. The topological polar surface area (TPSA) is 78.9 Å². The molecule has 1 atom stereocenters. The van der Waals surface area contributed by atoms with E-state index >= 15 is 0 Å². The van der Waals surface area contributed by atoms with Crippen molar-refractivity contribution in [2.24, 2.45) is 7.05 Å². The molecule has 0 aliphatic rings. The zero-order valence-corrected chi connectivity index (χ0v) is 14.7. The number of rotatable bonds is 5. The first-order valence-corrected chi connectivity index (χ1v) is 7.98. The van der Waals surface area contributed by atoms with E-state index < -0.39 is 17.3 Å². The second-order valence-electron chi connectivity index (χ2n) is 5.36. The summed E-state index contributed by atoms with van der Waals surface area (Å²) in [6.45, 7) is 5.51. The van der Waals surface area contributed by atoms with Crippen LogP contribution in [-0.4, -0.2) is 24.5 Å². The van der Waals surface area contributed by atoms with E-state index in [1.54, 1.807) is 18.5 Å². The molecule has 0 aromatic carbocycles. The Hall–Kier alpha value is -1.70. The fraction of sp³-hybridized carbons (Fsp3) is 0.571. The van der Waals surface area contributed by atoms with Crippen LogP contribution in [0.3, 0.4) is 0 Å². The molecule has 2 heterocycles. The fourth-order valence-corrected chi connectivity index (χ4v) is 3.01. The van der Waals surface area contributed by atoms with Crippen LogP contribution in [0.1, 0.15) is 39.7 Å². The van der Waals surface area contributed by atoms with Gasteiger partial charge in [-0.2, -0.15) is 0 Å². The van der Waals surface area contributed by atoms with Gasteiger partial charge in [-0.3, -0.25) is 18.7 Å². The number of Topliss-reactive ketones (excluding diaryl/α,β-unsaturated/α-hetero) is 1. The van der Waals surface area contributed by atoms with Crippen LogP contribution >= 0.6 is 15.9 Å². The highest BCUT2D eigenvalue weighted by atomic mass is 79.9. The molecule has 8 heteroatoms. The lowest BCUT2D eigenvalue weighted by Crippen LogP contribution is -2.40. The van der Waals surface area contributed by atoms with E-state index in [1.165, 1.54) is 16.1 Å². The summed E-state index contributed by atoms with van der Waals surface area (Å²) in [6.07, 6.45) is 1.61. The standard InChI is InChI=1S/C14H19BrN4O3/c1-5-6-7-18-12(21)10-11(17(4)14(18)22)16-13(15)19(10)8(2)9(3)20/h8H,5-7H2,1-4H3/t8-/m0/s1. The maximum absolute atomic E-state index is 12.7. The second-order valence-corrected chi connectivity index (χ2v) is 6.07. The average molecular weight is 371 g/mol. The number of nitrogens with zero attached hydrogens (tertiary/aromatic N) is 4. The van der Waals surface area contributed by atoms with Crippen molar-refractivity contribution in [1.82, 2.24) is 18.7 Å². The molecule has 0 aliphatic heterocycles. The number of imidazole rings is 1. The smallest absolute Gasteiger partial charge is 0.302 e. The van der Waals surface area contributed by atoms with Gasteiger partial charge < -0.3 is 4.57 Å². The van der Waals surface area contributed by atoms with Gasteiger partial charge >= 0.3 is 5.69 Å². The predicted molar refractivity (Wildman–Crippen MR) is 87.2 cm³/mol. The minimum absolute atomic E-state index is 0.0895. The van der Waals surface area contributed by atoms with Gasteiger partial charge in [0.1, 0.15) is 0 Å². The van der Waals surface area contributed by atoms with Crippen molar-refractivity contribution in [2.45, 2.75) is 46.2 Å². The first-order chi connectivity index (χ1) is 10.3. The zero-order chi connectivity index (χ0) is 16.6. The molecule has 0 saturated carbocycles. The van der Waals surface area contributed by atoms with Crippen molar-refractivity contribution >= 4 is 32.9 Å². The Morgan fingerprint density at radius 1 is 1.36 bits per heavy atom. The summed E-state index contributed by atoms with van der Waals surface area (Å²) >= 11 is 3.28. The number of hydrogen-bond donors (Lipinski definition) is 0. The van der Waals surface area contributed by atoms with Gasteiger partial charge in [0.2, 0.25) is 0 Å². The highest BCUT2D eigenvalue weighted by Gasteiger charge is 2.23. The van der Waals surface area contributed by atoms with Crippen molar-refractivity contribution in [3.63, 3.8) is 0 Å². The Morgan fingerprint density at radius 2 is 2.00 bits per heavy atom. The number of carbonyl (C=O) groups is 1. The van der Waals surface area contributed by atoms with E-state index in [0.717, 1.165) is 12.8 Å². The lowest BCUT2D eigenvalue weighted by molar-refractivity contribution is -0.119. The minimum atomic E-state index is -0.538. The van der Waals surface area contributed by atoms with E-state index in [9.17, 15) is 14.4 Å². The normalized spacial score (nSPS) is 12.8. The molecule has 0 saturated heterocycles. The zero-order valence-electron chi connectivity index (χ0n) is 13.1. The molecule has 2 aromatic rings. The molecular formula is C14H19BrN4O3. The van der Waals surface area contributed by atoms with Crippen LogP contribution in [0.2, 0.25) is 0 Å². The number of aromatic nitrogens is 4. The second kappa shape index (κ2) is 6.20. The van der Waals surface area contributed by atoms with Gasteiger partial charge in [0.05, 0.1) is 6.04 Å². The van der Waals surface area contributed by atoms with Crippen LogP contribution in [0.15, 0.2) is 14.3 Å². The van der Waals surface area contributed by atoms with E-state index in [0.29, 0.717) is 11.3 Å². The molecule has 0 fully saturated rings. The van der Waals surface area contributed by atoms with Gasteiger partial charge in [-0.05, 0) is 36.2 Å². The van der Waals surface area contributed by atoms with Gasteiger partial charge in [-0.1, -0.05) is 13.3 Å². The van der Waals surface area contributed by atoms with Crippen LogP contribution < -0.4 is 11.2 Å². The molecule has 0 N–H and O–H groups in total. The number of halogens is 1. The number of fused-ring (bicyclic) bond motifs is 1. The molecule has 0 bridgehead atoms. The fourth-order valence-electron chi connectivity index (χ4n) is 2.36. The highest BCUT2D eigenvalue weighted by molar-refractivity contribution is 9.10. The maximum Gasteiger partial charge on any atom is 0.332 e. The predicted octanol–water partition coefficient (Wildman–Crippen LogP) is 1.61. The van der Waals surface area contributed by atoms with Crippen molar-refractivity contribution in [3.8, 4) is 0 Å². The summed E-state index contributed by atoms with van der Waals surface area (Å²) in [5.74, 6) is -0.0895. The van der Waals surface area contributed by atoms with Gasteiger partial charge in [0.15, 0.2) is 21.7 Å². The third-order valence-electron chi connectivity index (χ3n) is 3.84. The van der Waals surface area contributed by atoms with E-state index in [-0.39, 0.29) is 16.9 Å².